The summed E-state index contributed by atoms with van der Waals surface area (Å²) in [6.07, 6.45) is 1.89. The molecule has 0 atom stereocenters. The summed E-state index contributed by atoms with van der Waals surface area (Å²) in [7, 11) is 0. The second-order valence-corrected chi connectivity index (χ2v) is 8.19. The third-order valence-electron chi connectivity index (χ3n) is 5.15. The van der Waals surface area contributed by atoms with Gasteiger partial charge < -0.3 is 14.3 Å². The Kier molecular flexibility index (Phi) is 5.17. The van der Waals surface area contributed by atoms with E-state index in [2.05, 4.69) is 31.0 Å². The van der Waals surface area contributed by atoms with Crippen LogP contribution < -0.4 is 5.32 Å². The number of anilines is 1. The van der Waals surface area contributed by atoms with Gasteiger partial charge in [-0.3, -0.25) is 4.79 Å². The van der Waals surface area contributed by atoms with Crippen molar-refractivity contribution < 1.29 is 13.7 Å². The highest BCUT2D eigenvalue weighted by Crippen LogP contribution is 2.31. The molecule has 5 aromatic rings. The number of tetrazole rings is 1. The number of hydrogen-bond acceptors (Lipinski definition) is 9. The van der Waals surface area contributed by atoms with E-state index in [1.807, 2.05) is 38.3 Å². The van der Waals surface area contributed by atoms with Crippen molar-refractivity contribution in [2.45, 2.75) is 25.9 Å². The molecule has 1 amide bonds. The third-order valence-corrected chi connectivity index (χ3v) is 5.77. The molecule has 0 radical (unpaired) electrons. The molecular weight excluding hydrogens is 442 g/mol. The zero-order chi connectivity index (χ0) is 23.1. The van der Waals surface area contributed by atoms with Gasteiger partial charge in [0, 0.05) is 11.3 Å². The van der Waals surface area contributed by atoms with Crippen LogP contribution in [0.5, 0.6) is 0 Å². The quantitative estimate of drug-likeness (QED) is 0.380. The highest BCUT2D eigenvalue weighted by Gasteiger charge is 2.21. The van der Waals surface area contributed by atoms with Crippen LogP contribution in [-0.4, -0.2) is 42.5 Å². The van der Waals surface area contributed by atoms with Gasteiger partial charge in [-0.1, -0.05) is 23.0 Å². The molecule has 0 aliphatic rings. The van der Waals surface area contributed by atoms with Crippen LogP contribution in [0.2, 0.25) is 0 Å². The number of fused-ring (bicyclic) bond motifs is 1. The van der Waals surface area contributed by atoms with E-state index in [1.165, 1.54) is 11.8 Å². The lowest BCUT2D eigenvalue weighted by Gasteiger charge is -2.10. The maximum Gasteiger partial charge on any atom is 0.259 e. The van der Waals surface area contributed by atoms with Gasteiger partial charge in [0.25, 0.3) is 11.6 Å². The summed E-state index contributed by atoms with van der Waals surface area (Å²) >= 11 is 1.43. The van der Waals surface area contributed by atoms with Gasteiger partial charge in [-0.15, -0.1) is 5.10 Å². The number of benzene rings is 1. The van der Waals surface area contributed by atoms with Crippen LogP contribution in [-0.2, 0) is 0 Å². The minimum absolute atomic E-state index is 0.292. The molecular formula is C22H19N7O3S. The number of amides is 1. The van der Waals surface area contributed by atoms with E-state index >= 15 is 0 Å². The maximum absolute atomic E-state index is 13.4. The van der Waals surface area contributed by atoms with Gasteiger partial charge >= 0.3 is 0 Å². The van der Waals surface area contributed by atoms with Crippen LogP contribution in [0.25, 0.3) is 28.0 Å². The predicted molar refractivity (Wildman–Crippen MR) is 123 cm³/mol. The van der Waals surface area contributed by atoms with E-state index in [-0.39, 0.29) is 5.91 Å². The highest BCUT2D eigenvalue weighted by molar-refractivity contribution is 7.98. The number of aromatic nitrogens is 6. The Labute approximate surface area is 192 Å². The molecule has 0 aliphatic carbocycles. The first kappa shape index (κ1) is 20.9. The van der Waals surface area contributed by atoms with Crippen molar-refractivity contribution in [3.8, 4) is 16.9 Å². The summed E-state index contributed by atoms with van der Waals surface area (Å²) in [6, 6.07) is 10.9. The molecule has 0 spiro atoms. The number of rotatable bonds is 5. The normalized spacial score (nSPS) is 11.3. The summed E-state index contributed by atoms with van der Waals surface area (Å²) in [5.74, 6) is 1.15. The fourth-order valence-corrected chi connectivity index (χ4v) is 4.11. The predicted octanol–water partition coefficient (Wildman–Crippen LogP) is 4.36. The van der Waals surface area contributed by atoms with Crippen LogP contribution in [0, 0.1) is 20.8 Å². The lowest BCUT2D eigenvalue weighted by molar-refractivity contribution is 0.102. The van der Waals surface area contributed by atoms with Gasteiger partial charge in [-0.05, 0) is 67.8 Å². The molecule has 166 valence electrons. The van der Waals surface area contributed by atoms with Crippen molar-refractivity contribution in [2.75, 3.05) is 11.6 Å². The molecule has 10 nitrogen and oxygen atoms in total. The summed E-state index contributed by atoms with van der Waals surface area (Å²) in [5.41, 5.74) is 3.98. The molecule has 0 aliphatic heterocycles. The number of furan rings is 1. The Morgan fingerprint density at radius 3 is 2.76 bits per heavy atom. The van der Waals surface area contributed by atoms with Crippen molar-refractivity contribution in [1.29, 1.82) is 0 Å². The number of thioether (sulfide) groups is 1. The molecule has 5 rings (SSSR count). The first-order valence-electron chi connectivity index (χ1n) is 10.0. The largest absolute Gasteiger partial charge is 0.466 e. The molecule has 11 heteroatoms. The number of nitrogens with zero attached hydrogens (tertiary/aromatic N) is 6. The standard InChI is InChI=1S/C22H19N7O3S/c1-11-8-16(13(3)31-11)18-10-17(19-12(2)26-32-21(19)24-18)20(30)23-14-6-5-7-15(9-14)29-22(33-4)25-27-28-29/h5-10H,1-4H3,(H,23,30). The summed E-state index contributed by atoms with van der Waals surface area (Å²) in [4.78, 5) is 18.0. The lowest BCUT2D eigenvalue weighted by atomic mass is 10.1. The topological polar surface area (TPSA) is 125 Å². The zero-order valence-electron chi connectivity index (χ0n) is 18.3. The van der Waals surface area contributed by atoms with Crippen LogP contribution in [0.3, 0.4) is 0 Å². The fraction of sp³-hybridized carbons (Fsp3) is 0.182. The Morgan fingerprint density at radius 1 is 1.15 bits per heavy atom. The molecule has 4 heterocycles. The minimum atomic E-state index is -0.313. The smallest absolute Gasteiger partial charge is 0.259 e. The SMILES string of the molecule is CSc1nnnn1-c1cccc(NC(=O)c2cc(-c3cc(C)oc3C)nc3onc(C)c23)c1. The van der Waals surface area contributed by atoms with Crippen LogP contribution in [0.4, 0.5) is 5.69 Å². The van der Waals surface area contributed by atoms with Crippen molar-refractivity contribution in [3.05, 3.63) is 59.2 Å². The number of carbonyl (C=O) groups is 1. The Balaban J connectivity index is 1.54. The average Bonchev–Trinajstić information content (AvgIpc) is 3.51. The summed E-state index contributed by atoms with van der Waals surface area (Å²) in [5, 5.41) is 19.9. The summed E-state index contributed by atoms with van der Waals surface area (Å²) in [6.45, 7) is 5.49. The Bertz CT molecular complexity index is 1500. The van der Waals surface area contributed by atoms with E-state index in [9.17, 15) is 4.79 Å². The molecule has 1 N–H and O–H groups in total. The van der Waals surface area contributed by atoms with Crippen molar-refractivity contribution in [2.24, 2.45) is 0 Å². The van der Waals surface area contributed by atoms with Gasteiger partial charge in [-0.2, -0.15) is 4.68 Å². The van der Waals surface area contributed by atoms with Crippen LogP contribution in [0.1, 0.15) is 27.6 Å². The molecule has 1 aromatic carbocycles. The van der Waals surface area contributed by atoms with E-state index in [0.717, 1.165) is 17.0 Å². The van der Waals surface area contributed by atoms with Gasteiger partial charge in [-0.25, -0.2) is 4.98 Å². The van der Waals surface area contributed by atoms with E-state index in [1.54, 1.807) is 29.8 Å². The highest BCUT2D eigenvalue weighted by atomic mass is 32.2. The van der Waals surface area contributed by atoms with Crippen molar-refractivity contribution in [3.63, 3.8) is 0 Å². The Morgan fingerprint density at radius 2 is 2.00 bits per heavy atom. The average molecular weight is 462 g/mol. The number of hydrogen-bond donors (Lipinski definition) is 1. The van der Waals surface area contributed by atoms with E-state index in [4.69, 9.17) is 8.94 Å². The van der Waals surface area contributed by atoms with E-state index < -0.39 is 0 Å². The molecule has 0 saturated heterocycles. The lowest BCUT2D eigenvalue weighted by Crippen LogP contribution is -2.13. The van der Waals surface area contributed by atoms with Gasteiger partial charge in [0.2, 0.25) is 5.16 Å². The van der Waals surface area contributed by atoms with E-state index in [0.29, 0.717) is 44.7 Å². The molecule has 0 unspecified atom stereocenters. The van der Waals surface area contributed by atoms with Gasteiger partial charge in [0.15, 0.2) is 0 Å². The third kappa shape index (κ3) is 3.76. The zero-order valence-corrected chi connectivity index (χ0v) is 19.1. The fourth-order valence-electron chi connectivity index (χ4n) is 3.68. The number of aryl methyl sites for hydroxylation is 3. The molecule has 0 bridgehead atoms. The number of nitrogens with one attached hydrogen (secondary N) is 1. The van der Waals surface area contributed by atoms with Gasteiger partial charge in [0.1, 0.15) is 11.5 Å². The molecule has 33 heavy (non-hydrogen) atoms. The van der Waals surface area contributed by atoms with Crippen molar-refractivity contribution >= 4 is 34.5 Å². The Hall–Kier alpha value is -3.99. The number of carbonyl (C=O) groups excluding carboxylic acids is 1. The first-order chi connectivity index (χ1) is 15.9. The van der Waals surface area contributed by atoms with Crippen LogP contribution in [0.15, 0.2) is 50.5 Å². The van der Waals surface area contributed by atoms with Crippen LogP contribution >= 0.6 is 11.8 Å². The first-order valence-corrected chi connectivity index (χ1v) is 11.3. The maximum atomic E-state index is 13.4. The molecule has 0 saturated carbocycles. The molecule has 0 fully saturated rings. The second kappa shape index (κ2) is 8.17. The number of pyridine rings is 1. The second-order valence-electron chi connectivity index (χ2n) is 7.41. The monoisotopic (exact) mass is 461 g/mol. The summed E-state index contributed by atoms with van der Waals surface area (Å²) < 4.78 is 12.6. The van der Waals surface area contributed by atoms with Gasteiger partial charge in [0.05, 0.1) is 28.0 Å². The molecule has 4 aromatic heterocycles. The van der Waals surface area contributed by atoms with Crippen molar-refractivity contribution in [1.82, 2.24) is 30.3 Å². The minimum Gasteiger partial charge on any atom is -0.466 e.